The zero-order valence-corrected chi connectivity index (χ0v) is 20.7. The molecular weight excluding hydrogens is 386 g/mol. The zero-order valence-electron chi connectivity index (χ0n) is 19.9. The molecule has 1 aromatic carbocycles. The molecule has 0 unspecified atom stereocenters. The first-order valence-corrected chi connectivity index (χ1v) is 12.5. The van der Waals surface area contributed by atoms with Crippen LogP contribution in [-0.2, 0) is 6.54 Å². The minimum Gasteiger partial charge on any atom is -0.360 e. The van der Waals surface area contributed by atoms with Crippen molar-refractivity contribution in [1.82, 2.24) is 15.5 Å². The Balaban J connectivity index is 1.81. The molecule has 3 rings (SSSR count). The summed E-state index contributed by atoms with van der Waals surface area (Å²) in [5.41, 5.74) is 2.94. The minimum atomic E-state index is 0.103. The Morgan fingerprint density at radius 3 is 2.17 bits per heavy atom. The highest BCUT2D eigenvalue weighted by Crippen LogP contribution is 2.33. The standard InChI is InChI=1S/C26H43N3S/c1-20-13-11-12-14-21(20)19-29(23-17-25(2,3)28-26(4,5)18-23)24(30)27-22-15-9-7-6-8-10-16-22/h11-14,22-23,28H,6-10,15-19H2,1-5H3,(H,27,30). The Kier molecular flexibility index (Phi) is 7.84. The third-order valence-corrected chi connectivity index (χ3v) is 7.26. The summed E-state index contributed by atoms with van der Waals surface area (Å²) in [6.07, 6.45) is 11.5. The van der Waals surface area contributed by atoms with Crippen LogP contribution in [0.3, 0.4) is 0 Å². The van der Waals surface area contributed by atoms with Gasteiger partial charge in [0.1, 0.15) is 0 Å². The van der Waals surface area contributed by atoms with Crippen molar-refractivity contribution in [2.45, 2.75) is 122 Å². The Morgan fingerprint density at radius 1 is 1.00 bits per heavy atom. The van der Waals surface area contributed by atoms with E-state index in [1.165, 1.54) is 56.1 Å². The van der Waals surface area contributed by atoms with Gasteiger partial charge in [0.25, 0.3) is 0 Å². The van der Waals surface area contributed by atoms with Gasteiger partial charge in [-0.05, 0) is 83.6 Å². The maximum Gasteiger partial charge on any atom is 0.169 e. The number of hydrogen-bond acceptors (Lipinski definition) is 2. The minimum absolute atomic E-state index is 0.103. The Morgan fingerprint density at radius 2 is 1.57 bits per heavy atom. The monoisotopic (exact) mass is 429 g/mol. The SMILES string of the molecule is Cc1ccccc1CN(C(=S)NC1CCCCCCC1)C1CC(C)(C)NC(C)(C)C1. The van der Waals surface area contributed by atoms with E-state index < -0.39 is 0 Å². The topological polar surface area (TPSA) is 27.3 Å². The fourth-order valence-electron chi connectivity index (χ4n) is 5.68. The second-order valence-corrected chi connectivity index (χ2v) is 11.4. The van der Waals surface area contributed by atoms with Gasteiger partial charge in [-0.3, -0.25) is 0 Å². The fourth-order valence-corrected chi connectivity index (χ4v) is 6.06. The Bertz CT molecular complexity index is 688. The molecule has 0 spiro atoms. The Hall–Kier alpha value is -1.13. The van der Waals surface area contributed by atoms with E-state index in [1.54, 1.807) is 0 Å². The largest absolute Gasteiger partial charge is 0.360 e. The Labute approximate surface area is 190 Å². The molecule has 168 valence electrons. The number of thiocarbonyl (C=S) groups is 1. The summed E-state index contributed by atoms with van der Waals surface area (Å²) in [7, 11) is 0. The summed E-state index contributed by atoms with van der Waals surface area (Å²) in [5.74, 6) is 0. The van der Waals surface area contributed by atoms with Crippen molar-refractivity contribution in [1.29, 1.82) is 0 Å². The second kappa shape index (κ2) is 9.99. The van der Waals surface area contributed by atoms with Crippen LogP contribution < -0.4 is 10.6 Å². The summed E-state index contributed by atoms with van der Waals surface area (Å²) in [6, 6.07) is 9.73. The number of hydrogen-bond donors (Lipinski definition) is 2. The molecule has 1 aliphatic heterocycles. The lowest BCUT2D eigenvalue weighted by molar-refractivity contribution is 0.0989. The first-order valence-electron chi connectivity index (χ1n) is 12.1. The number of nitrogens with one attached hydrogen (secondary N) is 2. The second-order valence-electron chi connectivity index (χ2n) is 11.0. The molecule has 2 aliphatic rings. The lowest BCUT2D eigenvalue weighted by atomic mass is 9.79. The van der Waals surface area contributed by atoms with E-state index in [4.69, 9.17) is 12.2 Å². The molecule has 0 aromatic heterocycles. The molecule has 2 fully saturated rings. The van der Waals surface area contributed by atoms with Gasteiger partial charge < -0.3 is 15.5 Å². The van der Waals surface area contributed by atoms with Gasteiger partial charge in [0.2, 0.25) is 0 Å². The zero-order chi connectivity index (χ0) is 21.8. The summed E-state index contributed by atoms with van der Waals surface area (Å²) in [5, 5.41) is 8.61. The van der Waals surface area contributed by atoms with Crippen molar-refractivity contribution in [2.24, 2.45) is 0 Å². The first-order chi connectivity index (χ1) is 14.2. The van der Waals surface area contributed by atoms with E-state index in [9.17, 15) is 0 Å². The van der Waals surface area contributed by atoms with E-state index in [-0.39, 0.29) is 11.1 Å². The molecule has 1 aliphatic carbocycles. The lowest BCUT2D eigenvalue weighted by Gasteiger charge is -2.50. The molecule has 1 aromatic rings. The van der Waals surface area contributed by atoms with Crippen LogP contribution in [0.2, 0.25) is 0 Å². The summed E-state index contributed by atoms with van der Waals surface area (Å²) < 4.78 is 0. The van der Waals surface area contributed by atoms with Gasteiger partial charge >= 0.3 is 0 Å². The van der Waals surface area contributed by atoms with Crippen LogP contribution in [0.5, 0.6) is 0 Å². The predicted octanol–water partition coefficient (Wildman–Crippen LogP) is 6.09. The van der Waals surface area contributed by atoms with Gasteiger partial charge in [0.15, 0.2) is 5.11 Å². The van der Waals surface area contributed by atoms with Crippen molar-refractivity contribution in [2.75, 3.05) is 0 Å². The summed E-state index contributed by atoms with van der Waals surface area (Å²) in [6.45, 7) is 12.4. The molecule has 0 radical (unpaired) electrons. The molecule has 2 N–H and O–H groups in total. The molecule has 0 amide bonds. The van der Waals surface area contributed by atoms with Crippen molar-refractivity contribution in [3.05, 3.63) is 35.4 Å². The van der Waals surface area contributed by atoms with Gasteiger partial charge in [-0.1, -0.05) is 56.4 Å². The van der Waals surface area contributed by atoms with Crippen LogP contribution in [0.1, 0.15) is 96.6 Å². The van der Waals surface area contributed by atoms with Crippen molar-refractivity contribution in [3.8, 4) is 0 Å². The predicted molar refractivity (Wildman–Crippen MR) is 133 cm³/mol. The average molecular weight is 430 g/mol. The maximum absolute atomic E-state index is 6.10. The smallest absolute Gasteiger partial charge is 0.169 e. The van der Waals surface area contributed by atoms with E-state index >= 15 is 0 Å². The number of nitrogens with zero attached hydrogens (tertiary/aromatic N) is 1. The van der Waals surface area contributed by atoms with E-state index in [0.29, 0.717) is 12.1 Å². The highest BCUT2D eigenvalue weighted by atomic mass is 32.1. The van der Waals surface area contributed by atoms with Gasteiger partial charge in [0, 0.05) is 29.7 Å². The summed E-state index contributed by atoms with van der Waals surface area (Å²) >= 11 is 6.10. The van der Waals surface area contributed by atoms with Gasteiger partial charge in [-0.25, -0.2) is 0 Å². The quantitative estimate of drug-likeness (QED) is 0.566. The van der Waals surface area contributed by atoms with Crippen molar-refractivity contribution < 1.29 is 0 Å². The molecule has 0 atom stereocenters. The van der Waals surface area contributed by atoms with Crippen LogP contribution in [0, 0.1) is 6.92 Å². The average Bonchev–Trinajstić information content (AvgIpc) is 2.60. The first kappa shape index (κ1) is 23.5. The molecule has 1 heterocycles. The van der Waals surface area contributed by atoms with Crippen LogP contribution in [0.4, 0.5) is 0 Å². The molecule has 4 heteroatoms. The molecule has 1 saturated carbocycles. The van der Waals surface area contributed by atoms with Gasteiger partial charge in [-0.15, -0.1) is 0 Å². The summed E-state index contributed by atoms with van der Waals surface area (Å²) in [4.78, 5) is 2.51. The molecule has 1 saturated heterocycles. The number of piperidine rings is 1. The van der Waals surface area contributed by atoms with E-state index in [0.717, 1.165) is 24.5 Å². The molecule has 30 heavy (non-hydrogen) atoms. The van der Waals surface area contributed by atoms with Crippen LogP contribution in [-0.4, -0.2) is 33.2 Å². The van der Waals surface area contributed by atoms with Crippen molar-refractivity contribution in [3.63, 3.8) is 0 Å². The number of rotatable bonds is 4. The number of aryl methyl sites for hydroxylation is 1. The highest BCUT2D eigenvalue weighted by Gasteiger charge is 2.40. The van der Waals surface area contributed by atoms with Crippen LogP contribution >= 0.6 is 12.2 Å². The van der Waals surface area contributed by atoms with Gasteiger partial charge in [0.05, 0.1) is 0 Å². The van der Waals surface area contributed by atoms with Crippen LogP contribution in [0.25, 0.3) is 0 Å². The molecule has 0 bridgehead atoms. The molecule has 3 nitrogen and oxygen atoms in total. The number of benzene rings is 1. The fraction of sp³-hybridized carbons (Fsp3) is 0.731. The lowest BCUT2D eigenvalue weighted by Crippen LogP contribution is -2.63. The van der Waals surface area contributed by atoms with Gasteiger partial charge in [-0.2, -0.15) is 0 Å². The third kappa shape index (κ3) is 6.68. The molecular formula is C26H43N3S. The van der Waals surface area contributed by atoms with Crippen molar-refractivity contribution >= 4 is 17.3 Å². The maximum atomic E-state index is 6.10. The van der Waals surface area contributed by atoms with E-state index in [1.807, 2.05) is 0 Å². The van der Waals surface area contributed by atoms with E-state index in [2.05, 4.69) is 74.4 Å². The van der Waals surface area contributed by atoms with Crippen LogP contribution in [0.15, 0.2) is 24.3 Å². The highest BCUT2D eigenvalue weighted by molar-refractivity contribution is 7.80. The third-order valence-electron chi connectivity index (χ3n) is 6.90. The normalized spacial score (nSPS) is 22.7.